The van der Waals surface area contributed by atoms with Crippen LogP contribution in [0.4, 0.5) is 11.9 Å². The first kappa shape index (κ1) is 17.4. The van der Waals surface area contributed by atoms with Crippen molar-refractivity contribution in [3.8, 4) is 6.01 Å². The first-order valence-corrected chi connectivity index (χ1v) is 8.59. The van der Waals surface area contributed by atoms with Crippen LogP contribution in [-0.2, 0) is 10.0 Å². The van der Waals surface area contributed by atoms with Crippen LogP contribution >= 0.6 is 0 Å². The molecule has 1 aromatic heterocycles. The van der Waals surface area contributed by atoms with Gasteiger partial charge in [-0.2, -0.15) is 15.0 Å². The third kappa shape index (κ3) is 7.61. The van der Waals surface area contributed by atoms with Crippen LogP contribution in [0.1, 0.15) is 19.8 Å². The number of nitrogens with one attached hydrogen (secondary N) is 3. The fraction of sp³-hybridized carbons (Fsp3) is 0.727. The normalized spacial score (nSPS) is 11.2. The lowest BCUT2D eigenvalue weighted by molar-refractivity contribution is 0.292. The minimum absolute atomic E-state index is 0.257. The van der Waals surface area contributed by atoms with E-state index in [1.54, 1.807) is 7.05 Å². The standard InChI is InChI=1S/C11H22N6O3S/c1-4-8-20-11-16-9(12-2)15-10(17-11)13-6-5-7-14-21(3,18)19/h14H,4-8H2,1-3H3,(H2,12,13,15,16,17). The van der Waals surface area contributed by atoms with Gasteiger partial charge < -0.3 is 15.4 Å². The summed E-state index contributed by atoms with van der Waals surface area (Å²) in [5.41, 5.74) is 0. The van der Waals surface area contributed by atoms with Gasteiger partial charge in [0.15, 0.2) is 0 Å². The molecule has 9 nitrogen and oxygen atoms in total. The van der Waals surface area contributed by atoms with E-state index in [4.69, 9.17) is 4.74 Å². The summed E-state index contributed by atoms with van der Waals surface area (Å²) in [7, 11) is -1.44. The van der Waals surface area contributed by atoms with Crippen molar-refractivity contribution >= 4 is 21.9 Å². The Bertz CT molecular complexity index is 537. The molecule has 0 fully saturated rings. The highest BCUT2D eigenvalue weighted by Gasteiger charge is 2.06. The van der Waals surface area contributed by atoms with Gasteiger partial charge in [0.2, 0.25) is 21.9 Å². The van der Waals surface area contributed by atoms with Gasteiger partial charge in [-0.25, -0.2) is 13.1 Å². The Labute approximate surface area is 125 Å². The smallest absolute Gasteiger partial charge is 0.323 e. The van der Waals surface area contributed by atoms with Gasteiger partial charge in [-0.1, -0.05) is 6.92 Å². The summed E-state index contributed by atoms with van der Waals surface area (Å²) in [6.07, 6.45) is 2.60. The van der Waals surface area contributed by atoms with Crippen molar-refractivity contribution in [2.75, 3.05) is 43.6 Å². The van der Waals surface area contributed by atoms with E-state index in [-0.39, 0.29) is 6.01 Å². The average Bonchev–Trinajstić information content (AvgIpc) is 2.43. The number of ether oxygens (including phenoxy) is 1. The Kier molecular flexibility index (Phi) is 7.09. The van der Waals surface area contributed by atoms with Crippen LogP contribution in [0.5, 0.6) is 6.01 Å². The molecule has 0 aliphatic heterocycles. The Morgan fingerprint density at radius 2 is 1.86 bits per heavy atom. The number of hydrogen-bond acceptors (Lipinski definition) is 8. The second-order valence-corrected chi connectivity index (χ2v) is 6.14. The van der Waals surface area contributed by atoms with Crippen LogP contribution in [0.25, 0.3) is 0 Å². The number of hydrogen-bond donors (Lipinski definition) is 3. The molecule has 0 saturated heterocycles. The first-order chi connectivity index (χ1) is 9.94. The van der Waals surface area contributed by atoms with E-state index in [1.807, 2.05) is 6.92 Å². The van der Waals surface area contributed by atoms with E-state index in [0.717, 1.165) is 12.7 Å². The SMILES string of the molecule is CCCOc1nc(NC)nc(NCCCNS(C)(=O)=O)n1. The summed E-state index contributed by atoms with van der Waals surface area (Å²) in [6.45, 7) is 3.41. The Morgan fingerprint density at radius 3 is 2.48 bits per heavy atom. The third-order valence-electron chi connectivity index (χ3n) is 2.27. The second-order valence-electron chi connectivity index (χ2n) is 4.31. The molecule has 21 heavy (non-hydrogen) atoms. The lowest BCUT2D eigenvalue weighted by Gasteiger charge is -2.09. The van der Waals surface area contributed by atoms with Gasteiger partial charge in [-0.05, 0) is 12.8 Å². The van der Waals surface area contributed by atoms with Gasteiger partial charge in [-0.15, -0.1) is 0 Å². The zero-order chi connectivity index (χ0) is 15.7. The Hall–Kier alpha value is -1.68. The molecule has 0 amide bonds. The van der Waals surface area contributed by atoms with Gasteiger partial charge in [0.25, 0.3) is 0 Å². The minimum Gasteiger partial charge on any atom is -0.463 e. The summed E-state index contributed by atoms with van der Waals surface area (Å²) in [6, 6.07) is 0.257. The molecule has 0 bridgehead atoms. The van der Waals surface area contributed by atoms with Crippen molar-refractivity contribution in [3.63, 3.8) is 0 Å². The van der Waals surface area contributed by atoms with Crippen molar-refractivity contribution < 1.29 is 13.2 Å². The number of nitrogens with zero attached hydrogens (tertiary/aromatic N) is 3. The average molecular weight is 318 g/mol. The van der Waals surface area contributed by atoms with Gasteiger partial charge in [-0.3, -0.25) is 0 Å². The topological polar surface area (TPSA) is 118 Å². The predicted octanol–water partition coefficient (Wildman–Crippen LogP) is 0.0533. The molecule has 1 aromatic rings. The van der Waals surface area contributed by atoms with Gasteiger partial charge in [0.05, 0.1) is 12.9 Å². The Balaban J connectivity index is 2.49. The van der Waals surface area contributed by atoms with E-state index >= 15 is 0 Å². The van der Waals surface area contributed by atoms with Gasteiger partial charge in [0, 0.05) is 20.1 Å². The quantitative estimate of drug-likeness (QED) is 0.518. The van der Waals surface area contributed by atoms with Crippen LogP contribution in [-0.4, -0.2) is 56.4 Å². The molecule has 1 rings (SSSR count). The van der Waals surface area contributed by atoms with E-state index in [9.17, 15) is 8.42 Å². The molecular weight excluding hydrogens is 296 g/mol. The fourth-order valence-electron chi connectivity index (χ4n) is 1.35. The zero-order valence-electron chi connectivity index (χ0n) is 12.5. The molecule has 0 atom stereocenters. The van der Waals surface area contributed by atoms with Crippen LogP contribution in [0.3, 0.4) is 0 Å². The van der Waals surface area contributed by atoms with Crippen molar-refractivity contribution in [1.29, 1.82) is 0 Å². The third-order valence-corrected chi connectivity index (χ3v) is 3.00. The lowest BCUT2D eigenvalue weighted by Crippen LogP contribution is -2.24. The van der Waals surface area contributed by atoms with Crippen LogP contribution in [0, 0.1) is 0 Å². The van der Waals surface area contributed by atoms with Crippen LogP contribution in [0.2, 0.25) is 0 Å². The second kappa shape index (κ2) is 8.57. The highest BCUT2D eigenvalue weighted by molar-refractivity contribution is 7.88. The zero-order valence-corrected chi connectivity index (χ0v) is 13.3. The van der Waals surface area contributed by atoms with Crippen molar-refractivity contribution in [3.05, 3.63) is 0 Å². The highest BCUT2D eigenvalue weighted by atomic mass is 32.2. The van der Waals surface area contributed by atoms with Crippen molar-refractivity contribution in [1.82, 2.24) is 19.7 Å². The van der Waals surface area contributed by atoms with Gasteiger partial charge in [0.1, 0.15) is 0 Å². The monoisotopic (exact) mass is 318 g/mol. The molecule has 0 radical (unpaired) electrons. The van der Waals surface area contributed by atoms with Gasteiger partial charge >= 0.3 is 6.01 Å². The Morgan fingerprint density at radius 1 is 1.14 bits per heavy atom. The largest absolute Gasteiger partial charge is 0.463 e. The molecule has 0 spiro atoms. The molecule has 0 aliphatic rings. The fourth-order valence-corrected chi connectivity index (χ4v) is 1.87. The molecule has 0 unspecified atom stereocenters. The van der Waals surface area contributed by atoms with Crippen molar-refractivity contribution in [2.24, 2.45) is 0 Å². The molecule has 3 N–H and O–H groups in total. The van der Waals surface area contributed by atoms with Crippen molar-refractivity contribution in [2.45, 2.75) is 19.8 Å². The number of aromatic nitrogens is 3. The number of rotatable bonds is 10. The van der Waals surface area contributed by atoms with Crippen LogP contribution < -0.4 is 20.1 Å². The first-order valence-electron chi connectivity index (χ1n) is 6.69. The van der Waals surface area contributed by atoms with E-state index in [1.165, 1.54) is 0 Å². The maximum atomic E-state index is 10.9. The molecule has 10 heteroatoms. The molecule has 1 heterocycles. The minimum atomic E-state index is -3.15. The maximum absolute atomic E-state index is 10.9. The van der Waals surface area contributed by atoms with E-state index in [0.29, 0.717) is 38.0 Å². The summed E-state index contributed by atoms with van der Waals surface area (Å²) in [5.74, 6) is 0.799. The molecule has 0 aromatic carbocycles. The summed E-state index contributed by atoms with van der Waals surface area (Å²) < 4.78 is 29.6. The molecular formula is C11H22N6O3S. The number of anilines is 2. The summed E-state index contributed by atoms with van der Waals surface area (Å²) in [5, 5.41) is 5.84. The predicted molar refractivity (Wildman–Crippen MR) is 81.1 cm³/mol. The lowest BCUT2D eigenvalue weighted by atomic mass is 10.4. The maximum Gasteiger partial charge on any atom is 0.323 e. The van der Waals surface area contributed by atoms with E-state index in [2.05, 4.69) is 30.3 Å². The van der Waals surface area contributed by atoms with Crippen LogP contribution in [0.15, 0.2) is 0 Å². The highest BCUT2D eigenvalue weighted by Crippen LogP contribution is 2.10. The summed E-state index contributed by atoms with van der Waals surface area (Å²) >= 11 is 0. The molecule has 0 aliphatic carbocycles. The summed E-state index contributed by atoms with van der Waals surface area (Å²) in [4.78, 5) is 12.4. The molecule has 120 valence electrons. The molecule has 0 saturated carbocycles. The van der Waals surface area contributed by atoms with E-state index < -0.39 is 10.0 Å². The number of sulfonamides is 1.